The van der Waals surface area contributed by atoms with E-state index >= 15 is 0 Å². The van der Waals surface area contributed by atoms with Gasteiger partial charge in [0.15, 0.2) is 0 Å². The molecule has 2 rings (SSSR count). The topological polar surface area (TPSA) is 38.5 Å². The van der Waals surface area contributed by atoms with E-state index in [4.69, 9.17) is 10.5 Å². The minimum atomic E-state index is -0.153. The maximum Gasteiger partial charge on any atom is 0.146 e. The average Bonchev–Trinajstić information content (AvgIpc) is 2.48. The van der Waals surface area contributed by atoms with Crippen molar-refractivity contribution in [1.29, 1.82) is 0 Å². The Kier molecular flexibility index (Phi) is 5.59. The maximum absolute atomic E-state index is 14.4. The normalized spacial score (nSPS) is 24.1. The molecule has 4 heteroatoms. The SMILES string of the molecule is CCC(N)Cc1cccc(F)c1N1CCC(C)C(OC)C1. The predicted molar refractivity (Wildman–Crippen MR) is 85.2 cm³/mol. The third-order valence-electron chi connectivity index (χ3n) is 4.59. The zero-order valence-corrected chi connectivity index (χ0v) is 13.3. The fourth-order valence-corrected chi connectivity index (χ4v) is 3.05. The Hall–Kier alpha value is -1.13. The third-order valence-corrected chi connectivity index (χ3v) is 4.59. The summed E-state index contributed by atoms with van der Waals surface area (Å²) in [6.45, 7) is 5.87. The van der Waals surface area contributed by atoms with E-state index in [1.54, 1.807) is 13.2 Å². The summed E-state index contributed by atoms with van der Waals surface area (Å²) in [6.07, 6.45) is 2.79. The van der Waals surface area contributed by atoms with Crippen LogP contribution in [0.4, 0.5) is 10.1 Å². The molecule has 1 aromatic carbocycles. The number of para-hydroxylation sites is 1. The van der Waals surface area contributed by atoms with Gasteiger partial charge < -0.3 is 15.4 Å². The van der Waals surface area contributed by atoms with Gasteiger partial charge in [0.05, 0.1) is 11.8 Å². The van der Waals surface area contributed by atoms with Gasteiger partial charge in [-0.2, -0.15) is 0 Å². The fraction of sp³-hybridized carbons (Fsp3) is 0.647. The van der Waals surface area contributed by atoms with Crippen LogP contribution in [0.2, 0.25) is 0 Å². The zero-order chi connectivity index (χ0) is 15.4. The summed E-state index contributed by atoms with van der Waals surface area (Å²) in [5.41, 5.74) is 7.79. The van der Waals surface area contributed by atoms with Crippen molar-refractivity contribution >= 4 is 5.69 Å². The van der Waals surface area contributed by atoms with Gasteiger partial charge in [-0.25, -0.2) is 4.39 Å². The molecule has 3 unspecified atom stereocenters. The first-order valence-corrected chi connectivity index (χ1v) is 7.87. The van der Waals surface area contributed by atoms with Crippen LogP contribution in [0.3, 0.4) is 0 Å². The summed E-state index contributed by atoms with van der Waals surface area (Å²) in [7, 11) is 1.74. The highest BCUT2D eigenvalue weighted by Crippen LogP contribution is 2.30. The van der Waals surface area contributed by atoms with Crippen LogP contribution < -0.4 is 10.6 Å². The molecule has 21 heavy (non-hydrogen) atoms. The molecule has 1 fully saturated rings. The minimum Gasteiger partial charge on any atom is -0.379 e. The molecule has 118 valence electrons. The number of hydrogen-bond acceptors (Lipinski definition) is 3. The van der Waals surface area contributed by atoms with Gasteiger partial charge in [-0.15, -0.1) is 0 Å². The van der Waals surface area contributed by atoms with E-state index in [1.165, 1.54) is 6.07 Å². The standard InChI is InChI=1S/C17H27FN2O/c1-4-14(19)10-13-6-5-7-15(18)17(13)20-9-8-12(2)16(11-20)21-3/h5-7,12,14,16H,4,8-11,19H2,1-3H3. The molecule has 1 aromatic rings. The number of piperidine rings is 1. The van der Waals surface area contributed by atoms with Crippen LogP contribution in [-0.2, 0) is 11.2 Å². The van der Waals surface area contributed by atoms with E-state index in [2.05, 4.69) is 18.7 Å². The Bertz CT molecular complexity index is 466. The van der Waals surface area contributed by atoms with Gasteiger partial charge in [-0.3, -0.25) is 0 Å². The lowest BCUT2D eigenvalue weighted by Gasteiger charge is -2.38. The number of nitrogens with zero attached hydrogens (tertiary/aromatic N) is 1. The molecule has 0 spiro atoms. The Morgan fingerprint density at radius 2 is 2.24 bits per heavy atom. The first-order chi connectivity index (χ1) is 10.1. The van der Waals surface area contributed by atoms with Crippen molar-refractivity contribution in [2.45, 2.75) is 45.3 Å². The summed E-state index contributed by atoms with van der Waals surface area (Å²) in [4.78, 5) is 2.13. The van der Waals surface area contributed by atoms with Crippen molar-refractivity contribution in [3.8, 4) is 0 Å². The number of rotatable bonds is 5. The molecule has 0 saturated carbocycles. The molecule has 0 aliphatic carbocycles. The van der Waals surface area contributed by atoms with Crippen LogP contribution in [0.25, 0.3) is 0 Å². The van der Waals surface area contributed by atoms with Gasteiger partial charge >= 0.3 is 0 Å². The predicted octanol–water partition coefficient (Wildman–Crippen LogP) is 2.97. The van der Waals surface area contributed by atoms with Crippen LogP contribution in [0.1, 0.15) is 32.3 Å². The van der Waals surface area contributed by atoms with Crippen LogP contribution in [0.5, 0.6) is 0 Å². The summed E-state index contributed by atoms with van der Waals surface area (Å²) in [5.74, 6) is 0.361. The van der Waals surface area contributed by atoms with Gasteiger partial charge in [0.2, 0.25) is 0 Å². The zero-order valence-electron chi connectivity index (χ0n) is 13.3. The van der Waals surface area contributed by atoms with Crippen molar-refractivity contribution in [1.82, 2.24) is 0 Å². The summed E-state index contributed by atoms with van der Waals surface area (Å²) in [6, 6.07) is 5.38. The van der Waals surface area contributed by atoms with Gasteiger partial charge in [0.25, 0.3) is 0 Å². The molecule has 0 radical (unpaired) electrons. The molecule has 0 amide bonds. The van der Waals surface area contributed by atoms with Crippen molar-refractivity contribution < 1.29 is 9.13 Å². The molecule has 1 saturated heterocycles. The largest absolute Gasteiger partial charge is 0.379 e. The van der Waals surface area contributed by atoms with Crippen LogP contribution in [-0.4, -0.2) is 32.3 Å². The number of methoxy groups -OCH3 is 1. The number of hydrogen-bond donors (Lipinski definition) is 1. The van der Waals surface area contributed by atoms with Gasteiger partial charge in [0, 0.05) is 26.2 Å². The summed E-state index contributed by atoms with van der Waals surface area (Å²) in [5, 5.41) is 0. The Morgan fingerprint density at radius 3 is 2.90 bits per heavy atom. The number of nitrogens with two attached hydrogens (primary N) is 1. The number of ether oxygens (including phenoxy) is 1. The lowest BCUT2D eigenvalue weighted by atomic mass is 9.94. The quantitative estimate of drug-likeness (QED) is 0.907. The Labute approximate surface area is 127 Å². The first kappa shape index (κ1) is 16.2. The second-order valence-electron chi connectivity index (χ2n) is 6.11. The van der Waals surface area contributed by atoms with Gasteiger partial charge in [-0.05, 0) is 36.8 Å². The van der Waals surface area contributed by atoms with Crippen molar-refractivity contribution in [3.05, 3.63) is 29.6 Å². The molecule has 0 aromatic heterocycles. The lowest BCUT2D eigenvalue weighted by molar-refractivity contribution is 0.0496. The van der Waals surface area contributed by atoms with Gasteiger partial charge in [0.1, 0.15) is 5.82 Å². The van der Waals surface area contributed by atoms with E-state index in [-0.39, 0.29) is 18.0 Å². The summed E-state index contributed by atoms with van der Waals surface area (Å²) < 4.78 is 19.9. The molecule has 2 N–H and O–H groups in total. The van der Waals surface area contributed by atoms with Crippen LogP contribution in [0.15, 0.2) is 18.2 Å². The molecular weight excluding hydrogens is 267 g/mol. The van der Waals surface area contributed by atoms with Gasteiger partial charge in [-0.1, -0.05) is 26.0 Å². The number of anilines is 1. The average molecular weight is 294 g/mol. The second-order valence-corrected chi connectivity index (χ2v) is 6.11. The summed E-state index contributed by atoms with van der Waals surface area (Å²) >= 11 is 0. The van der Waals surface area contributed by atoms with E-state index in [0.717, 1.165) is 37.2 Å². The smallest absolute Gasteiger partial charge is 0.146 e. The van der Waals surface area contributed by atoms with Crippen LogP contribution in [0, 0.1) is 11.7 Å². The monoisotopic (exact) mass is 294 g/mol. The van der Waals surface area contributed by atoms with E-state index in [0.29, 0.717) is 12.3 Å². The molecule has 3 nitrogen and oxygen atoms in total. The molecule has 0 bridgehead atoms. The molecular formula is C17H27FN2O. The van der Waals surface area contributed by atoms with Crippen molar-refractivity contribution in [3.63, 3.8) is 0 Å². The van der Waals surface area contributed by atoms with E-state index < -0.39 is 0 Å². The highest BCUT2D eigenvalue weighted by atomic mass is 19.1. The number of benzene rings is 1. The van der Waals surface area contributed by atoms with Crippen molar-refractivity contribution in [2.75, 3.05) is 25.1 Å². The molecule has 3 atom stereocenters. The molecule has 1 aliphatic rings. The maximum atomic E-state index is 14.4. The lowest BCUT2D eigenvalue weighted by Crippen LogP contribution is -2.44. The van der Waals surface area contributed by atoms with E-state index in [1.807, 2.05) is 6.07 Å². The highest BCUT2D eigenvalue weighted by Gasteiger charge is 2.28. The number of halogens is 1. The Morgan fingerprint density at radius 1 is 1.48 bits per heavy atom. The fourth-order valence-electron chi connectivity index (χ4n) is 3.05. The Balaban J connectivity index is 2.25. The highest BCUT2D eigenvalue weighted by molar-refractivity contribution is 5.55. The van der Waals surface area contributed by atoms with Crippen molar-refractivity contribution in [2.24, 2.45) is 11.7 Å². The molecule has 1 heterocycles. The third kappa shape index (κ3) is 3.74. The minimum absolute atomic E-state index is 0.0764. The second kappa shape index (κ2) is 7.23. The van der Waals surface area contributed by atoms with Crippen LogP contribution >= 0.6 is 0 Å². The van der Waals surface area contributed by atoms with E-state index in [9.17, 15) is 4.39 Å². The first-order valence-electron chi connectivity index (χ1n) is 7.87. The molecule has 1 aliphatic heterocycles.